The lowest BCUT2D eigenvalue weighted by Gasteiger charge is -2.35. The van der Waals surface area contributed by atoms with Crippen molar-refractivity contribution >= 4 is 53.4 Å². The molecule has 6 aromatic carbocycles. The molecule has 0 radical (unpaired) electrons. The van der Waals surface area contributed by atoms with Crippen molar-refractivity contribution in [3.63, 3.8) is 0 Å². The zero-order chi connectivity index (χ0) is 65.9. The van der Waals surface area contributed by atoms with Gasteiger partial charge in [-0.15, -0.1) is 0 Å². The van der Waals surface area contributed by atoms with E-state index < -0.39 is 92.7 Å². The predicted octanol–water partition coefficient (Wildman–Crippen LogP) is 13.1. The van der Waals surface area contributed by atoms with Crippen LogP contribution in [0.15, 0.2) is 120 Å². The molecule has 0 amide bonds. The number of aliphatic carboxylic acids is 1. The number of sulfone groups is 2. The molecule has 6 heterocycles. The molecule has 480 valence electrons. The first-order chi connectivity index (χ1) is 43.6. The SMILES string of the molecule is CCOC(=O)CCc1cccc2c1OCCC2(C)c1cn(C)c(-c2cc(Oc3c(F)c(F)c4[nH]ccc4c3S(C)(=O)=O)ccc2F)n1.Cn1cc([C@]2(C)CCOc3c(CCC(=O)O)cccc32)nc1-c1cc(Oc2c(F)c(F)c3[nH]ccc3c2S(C)(=O)=O)ccc1F. The number of nitrogens with one attached hydrogen (secondary N) is 2. The van der Waals surface area contributed by atoms with Crippen LogP contribution in [-0.2, 0) is 71.8 Å². The second kappa shape index (κ2) is 24.6. The summed E-state index contributed by atoms with van der Waals surface area (Å²) in [5.74, 6) is -8.40. The molecule has 4 aromatic heterocycles. The standard InChI is InChI=1S/C34H32F3N3O6S.C32H28F3N3O6S/c1-5-44-26(41)12-9-19-7-6-8-23-30(19)45-16-14-34(23,2)25-18-40(3)33(39-25)22-17-20(10-11-24(22)35)46-31-28(37)27(36)29-21(13-15-38-29)32(31)47(4,42)43;1-32(12-14-43-28-17(7-10-24(39)40)5-4-6-21(28)32)23-16-38(2)31(37-23)20-15-18(8-9-22(20)33)44-29-26(35)25(34)27-19(11-13-36-27)30(29)45(3,41)42/h6-8,10-11,13,15,17-18,38H,5,9,12,14,16H2,1-4H3;4-6,8-9,11,13,15-16,36H,7,10,12,14H2,1-3H3,(H,39,40)/t;32-/m.1/s1. The highest BCUT2D eigenvalue weighted by atomic mass is 32.2. The van der Waals surface area contributed by atoms with Crippen LogP contribution in [0, 0.1) is 34.9 Å². The first-order valence-corrected chi connectivity index (χ1v) is 32.7. The molecule has 0 saturated carbocycles. The fraction of sp³-hybridized carbons (Fsp3) is 0.273. The number of H-pyrrole nitrogens is 2. The Balaban J connectivity index is 0.000000189. The van der Waals surface area contributed by atoms with Gasteiger partial charge in [0.15, 0.2) is 42.8 Å². The molecule has 2 aliphatic rings. The fourth-order valence-electron chi connectivity index (χ4n) is 11.9. The maximum atomic E-state index is 15.4. The first-order valence-electron chi connectivity index (χ1n) is 28.9. The Hall–Kier alpha value is -9.56. The van der Waals surface area contributed by atoms with E-state index in [2.05, 4.69) is 9.97 Å². The molecule has 3 N–H and O–H groups in total. The van der Waals surface area contributed by atoms with Crippen LogP contribution in [0.1, 0.15) is 80.1 Å². The summed E-state index contributed by atoms with van der Waals surface area (Å²) in [7, 11) is -4.81. The van der Waals surface area contributed by atoms with Gasteiger partial charge in [0, 0.05) is 97.0 Å². The number of imidazole rings is 2. The number of nitrogens with zero attached hydrogens (tertiary/aromatic N) is 4. The number of halogens is 6. The lowest BCUT2D eigenvalue weighted by molar-refractivity contribution is -0.143. The third-order valence-electron chi connectivity index (χ3n) is 16.6. The highest BCUT2D eigenvalue weighted by Crippen LogP contribution is 2.49. The van der Waals surface area contributed by atoms with E-state index in [9.17, 15) is 40.3 Å². The van der Waals surface area contributed by atoms with E-state index in [4.69, 9.17) is 33.7 Å². The number of fused-ring (bicyclic) bond motifs is 4. The highest BCUT2D eigenvalue weighted by molar-refractivity contribution is 7.91. The molecule has 2 atom stereocenters. The summed E-state index contributed by atoms with van der Waals surface area (Å²) >= 11 is 0. The van der Waals surface area contributed by atoms with Gasteiger partial charge in [-0.25, -0.2) is 44.4 Å². The van der Waals surface area contributed by atoms with Gasteiger partial charge in [-0.2, -0.15) is 8.78 Å². The van der Waals surface area contributed by atoms with Gasteiger partial charge in [0.1, 0.15) is 56.1 Å². The number of benzene rings is 6. The minimum absolute atomic E-state index is 0.000159. The average molecular weight is 1310 g/mol. The summed E-state index contributed by atoms with van der Waals surface area (Å²) in [5.41, 5.74) is 2.62. The van der Waals surface area contributed by atoms with Crippen LogP contribution in [0.5, 0.6) is 34.5 Å². The van der Waals surface area contributed by atoms with E-state index in [0.717, 1.165) is 46.9 Å². The Morgan fingerprint density at radius 2 is 1.04 bits per heavy atom. The number of aromatic nitrogens is 6. The number of hydrogen-bond donors (Lipinski definition) is 3. The van der Waals surface area contributed by atoms with E-state index in [1.165, 1.54) is 48.8 Å². The second-order valence-electron chi connectivity index (χ2n) is 22.9. The molecule has 0 aliphatic carbocycles. The summed E-state index contributed by atoms with van der Waals surface area (Å²) in [5, 5.41) is 9.02. The van der Waals surface area contributed by atoms with Crippen LogP contribution >= 0.6 is 0 Å². The highest BCUT2D eigenvalue weighted by Gasteiger charge is 2.41. The van der Waals surface area contributed by atoms with Gasteiger partial charge in [0.25, 0.3) is 0 Å². The van der Waals surface area contributed by atoms with Crippen molar-refractivity contribution in [2.45, 2.75) is 79.9 Å². The minimum Gasteiger partial charge on any atom is -0.493 e. The number of ether oxygens (including phenoxy) is 5. The summed E-state index contributed by atoms with van der Waals surface area (Å²) < 4.78 is 173. The number of para-hydroxylation sites is 2. The largest absolute Gasteiger partial charge is 0.493 e. The number of carboxylic acids is 1. The van der Waals surface area contributed by atoms with E-state index in [1.54, 1.807) is 42.5 Å². The number of carboxylic acid groups (broad SMARTS) is 1. The summed E-state index contributed by atoms with van der Waals surface area (Å²) in [4.78, 5) is 36.8. The monoisotopic (exact) mass is 1310 g/mol. The van der Waals surface area contributed by atoms with Crippen molar-refractivity contribution in [1.29, 1.82) is 0 Å². The maximum absolute atomic E-state index is 15.4. The Morgan fingerprint density at radius 1 is 0.620 bits per heavy atom. The van der Waals surface area contributed by atoms with Crippen molar-refractivity contribution in [3.8, 4) is 57.3 Å². The molecule has 0 bridgehead atoms. The molecule has 0 fully saturated rings. The van der Waals surface area contributed by atoms with Gasteiger partial charge in [-0.05, 0) is 106 Å². The molecule has 0 saturated heterocycles. The number of carbonyl (C=O) groups excluding carboxylic acids is 1. The molecule has 12 rings (SSSR count). The van der Waals surface area contributed by atoms with E-state index in [-0.39, 0.29) is 74.9 Å². The Labute approximate surface area is 523 Å². The van der Waals surface area contributed by atoms with Crippen molar-refractivity contribution in [2.75, 3.05) is 32.3 Å². The molecular weight excluding hydrogens is 1250 g/mol. The van der Waals surface area contributed by atoms with E-state index in [1.807, 2.05) is 50.2 Å². The number of carbonyl (C=O) groups is 2. The third-order valence-corrected chi connectivity index (χ3v) is 18.9. The van der Waals surface area contributed by atoms with Crippen molar-refractivity contribution in [3.05, 3.63) is 178 Å². The number of rotatable bonds is 17. The van der Waals surface area contributed by atoms with Crippen LogP contribution in [-0.4, -0.2) is 95.3 Å². The molecule has 1 unspecified atom stereocenters. The van der Waals surface area contributed by atoms with Gasteiger partial charge in [0.05, 0.1) is 53.4 Å². The zero-order valence-corrected chi connectivity index (χ0v) is 52.2. The summed E-state index contributed by atoms with van der Waals surface area (Å²) in [6.07, 6.45) is 9.86. The topological polar surface area (TPSA) is 236 Å². The van der Waals surface area contributed by atoms with Crippen molar-refractivity contribution in [1.82, 2.24) is 29.1 Å². The van der Waals surface area contributed by atoms with Crippen LogP contribution < -0.4 is 18.9 Å². The average Bonchev–Trinajstić information content (AvgIpc) is 1.45. The van der Waals surface area contributed by atoms with E-state index >= 15 is 17.6 Å². The summed E-state index contributed by atoms with van der Waals surface area (Å²) in [6.45, 7) is 6.81. The lowest BCUT2D eigenvalue weighted by atomic mass is 9.74. The Morgan fingerprint density at radius 3 is 1.45 bits per heavy atom. The number of hydrogen-bond acceptors (Lipinski definition) is 13. The molecule has 2 aliphatic heterocycles. The second-order valence-corrected chi connectivity index (χ2v) is 26.8. The van der Waals surface area contributed by atoms with Crippen molar-refractivity contribution < 1.29 is 81.6 Å². The van der Waals surface area contributed by atoms with E-state index in [0.29, 0.717) is 68.4 Å². The first kappa shape index (κ1) is 64.0. The molecule has 92 heavy (non-hydrogen) atoms. The van der Waals surface area contributed by atoms with Crippen LogP contribution in [0.25, 0.3) is 44.6 Å². The van der Waals surface area contributed by atoms with Crippen LogP contribution in [0.3, 0.4) is 0 Å². The number of esters is 1. The van der Waals surface area contributed by atoms with Gasteiger partial charge < -0.3 is 47.9 Å². The van der Waals surface area contributed by atoms with Gasteiger partial charge >= 0.3 is 11.9 Å². The minimum atomic E-state index is -4.10. The molecule has 0 spiro atoms. The number of aromatic amines is 2. The molecular formula is C66H60F6N6O12S2. The Bertz CT molecular complexity index is 4850. The van der Waals surface area contributed by atoms with Gasteiger partial charge in [-0.1, -0.05) is 36.4 Å². The Kier molecular flexibility index (Phi) is 17.1. The smallest absolute Gasteiger partial charge is 0.306 e. The normalized spacial score (nSPS) is 16.3. The number of aryl methyl sites for hydroxylation is 4. The third kappa shape index (κ3) is 11.8. The van der Waals surface area contributed by atoms with Gasteiger partial charge in [-0.3, -0.25) is 9.59 Å². The zero-order valence-electron chi connectivity index (χ0n) is 50.6. The lowest BCUT2D eigenvalue weighted by Crippen LogP contribution is -2.32. The quantitative estimate of drug-likeness (QED) is 0.0437. The molecule has 26 heteroatoms. The fourth-order valence-corrected chi connectivity index (χ4v) is 14.0. The molecule has 10 aromatic rings. The molecule has 18 nitrogen and oxygen atoms in total. The van der Waals surface area contributed by atoms with Gasteiger partial charge in [0.2, 0.25) is 11.6 Å². The van der Waals surface area contributed by atoms with Crippen molar-refractivity contribution in [2.24, 2.45) is 14.1 Å². The maximum Gasteiger partial charge on any atom is 0.306 e. The van der Waals surface area contributed by atoms with Crippen LogP contribution in [0.2, 0.25) is 0 Å². The van der Waals surface area contributed by atoms with Crippen LogP contribution in [0.4, 0.5) is 26.3 Å². The predicted molar refractivity (Wildman–Crippen MR) is 327 cm³/mol. The summed E-state index contributed by atoms with van der Waals surface area (Å²) in [6, 6.07) is 21.0.